The zero-order valence-electron chi connectivity index (χ0n) is 64.1. The maximum atomic E-state index is 15.2. The van der Waals surface area contributed by atoms with Crippen LogP contribution in [0.4, 0.5) is 18.4 Å². The minimum Gasteiger partial charge on any atom is -0.479 e. The molecule has 0 aromatic heterocycles. The van der Waals surface area contributed by atoms with Gasteiger partial charge in [-0.2, -0.15) is 0 Å². The average Bonchev–Trinajstić information content (AvgIpc) is 1.64. The quantitative estimate of drug-likeness (QED) is 0.0449. The number of benzene rings is 3. The molecule has 0 radical (unpaired) electrons. The summed E-state index contributed by atoms with van der Waals surface area (Å²) < 4.78 is 80.0. The van der Waals surface area contributed by atoms with Crippen molar-refractivity contribution in [1.29, 1.82) is 0 Å². The first-order valence-corrected chi connectivity index (χ1v) is 36.5. The molecule has 2 aliphatic carbocycles. The summed E-state index contributed by atoms with van der Waals surface area (Å²) in [6.45, 7) is 20.4. The summed E-state index contributed by atoms with van der Waals surface area (Å²) >= 11 is 0. The van der Waals surface area contributed by atoms with Crippen molar-refractivity contribution in [2.45, 2.75) is 263 Å². The first-order valence-electron chi connectivity index (χ1n) is 36.5. The number of carbonyl (C=O) groups is 10. The van der Waals surface area contributed by atoms with Crippen LogP contribution >= 0.6 is 0 Å². The summed E-state index contributed by atoms with van der Waals surface area (Å²) in [6, 6.07) is 19.2. The fourth-order valence-electron chi connectivity index (χ4n) is 12.1. The summed E-state index contributed by atoms with van der Waals surface area (Å²) in [6.07, 6.45) is -0.937. The maximum Gasteiger partial charge on any atom is 0.410 e. The number of carboxylic acid groups (broad SMARTS) is 1. The summed E-state index contributed by atoms with van der Waals surface area (Å²) in [5.74, 6) is -6.26. The topological polar surface area (TPSA) is 287 Å². The molecule has 26 heteroatoms. The van der Waals surface area contributed by atoms with E-state index in [1.165, 1.54) is 74.6 Å². The van der Waals surface area contributed by atoms with Crippen molar-refractivity contribution in [3.05, 3.63) is 107 Å². The van der Waals surface area contributed by atoms with Gasteiger partial charge in [0.05, 0.1) is 0 Å². The molecule has 2 aliphatic heterocycles. The van der Waals surface area contributed by atoms with Crippen molar-refractivity contribution in [3.63, 3.8) is 0 Å². The number of halogens is 2. The van der Waals surface area contributed by atoms with Gasteiger partial charge in [0.15, 0.2) is 24.4 Å². The van der Waals surface area contributed by atoms with Crippen molar-refractivity contribution in [2.75, 3.05) is 54.6 Å². The lowest BCUT2D eigenvalue weighted by molar-refractivity contribution is -0.174. The Bertz CT molecular complexity index is 3380. The van der Waals surface area contributed by atoms with E-state index >= 15 is 8.78 Å². The van der Waals surface area contributed by atoms with E-state index in [0.29, 0.717) is 49.4 Å². The van der Waals surface area contributed by atoms with Gasteiger partial charge in [0.1, 0.15) is 53.3 Å². The third-order valence-corrected chi connectivity index (χ3v) is 18.6. The van der Waals surface area contributed by atoms with E-state index in [1.807, 2.05) is 66.7 Å². The predicted molar refractivity (Wildman–Crippen MR) is 384 cm³/mol. The molecule has 1 N–H and O–H groups in total. The fraction of sp³-hybridized carbons (Fsp3) is 0.646. The number of likely N-dealkylation sites (N-methyl/N-ethyl adjacent to an activating group) is 4. The van der Waals surface area contributed by atoms with E-state index in [1.54, 1.807) is 53.7 Å². The Morgan fingerprint density at radius 3 is 1.11 bits per heavy atom. The second-order valence-corrected chi connectivity index (χ2v) is 31.5. The summed E-state index contributed by atoms with van der Waals surface area (Å²) in [5, 5.41) is 9.30. The first kappa shape index (κ1) is 85.7. The van der Waals surface area contributed by atoms with Gasteiger partial charge in [0.25, 0.3) is 11.8 Å². The maximum absolute atomic E-state index is 15.2. The van der Waals surface area contributed by atoms with E-state index in [2.05, 4.69) is 0 Å². The molecule has 0 unspecified atom stereocenters. The van der Waals surface area contributed by atoms with Crippen LogP contribution in [0.5, 0.6) is 0 Å². The highest BCUT2D eigenvalue weighted by atomic mass is 19.1. The van der Waals surface area contributed by atoms with Gasteiger partial charge >= 0.3 is 48.0 Å². The normalized spacial score (nSPS) is 17.5. The van der Waals surface area contributed by atoms with Crippen LogP contribution in [0.3, 0.4) is 0 Å². The Balaban J connectivity index is 0.000000332. The summed E-state index contributed by atoms with van der Waals surface area (Å²) in [4.78, 5) is 138. The molecule has 8 atom stereocenters. The first-order chi connectivity index (χ1) is 49.1. The van der Waals surface area contributed by atoms with Crippen molar-refractivity contribution in [3.8, 4) is 0 Å². The molecular formula is C79H112F2N4O20. The third-order valence-electron chi connectivity index (χ3n) is 18.6. The molecule has 2 saturated carbocycles. The molecule has 3 aromatic rings. The Kier molecular flexibility index (Phi) is 31.3. The third kappa shape index (κ3) is 28.9. The number of hydrogen-bond donors (Lipinski definition) is 1. The largest absolute Gasteiger partial charge is 0.479 e. The van der Waals surface area contributed by atoms with Gasteiger partial charge in [-0.3, -0.25) is 19.4 Å². The molecule has 7 rings (SSSR count). The number of esters is 5. The minimum absolute atomic E-state index is 0.00173. The number of alkyl halides is 2. The van der Waals surface area contributed by atoms with Gasteiger partial charge in [0.2, 0.25) is 0 Å². The molecule has 0 spiro atoms. The van der Waals surface area contributed by atoms with Crippen LogP contribution in [-0.2, 0) is 100 Å². The van der Waals surface area contributed by atoms with Crippen molar-refractivity contribution in [2.24, 2.45) is 11.8 Å². The van der Waals surface area contributed by atoms with Gasteiger partial charge in [-0.05, 0) is 173 Å². The lowest BCUT2D eigenvalue weighted by Gasteiger charge is -2.34. The molecule has 4 amide bonds. The lowest BCUT2D eigenvalue weighted by Crippen LogP contribution is -2.52. The van der Waals surface area contributed by atoms with Gasteiger partial charge in [-0.15, -0.1) is 0 Å². The Hall–Kier alpha value is -8.26. The van der Waals surface area contributed by atoms with Crippen LogP contribution in [-0.4, -0.2) is 210 Å². The van der Waals surface area contributed by atoms with Gasteiger partial charge in [-0.25, -0.2) is 47.1 Å². The molecule has 3 aromatic carbocycles. The van der Waals surface area contributed by atoms with E-state index in [0.717, 1.165) is 82.8 Å². The molecule has 4 fully saturated rings. The Morgan fingerprint density at radius 2 is 0.790 bits per heavy atom. The van der Waals surface area contributed by atoms with Crippen molar-refractivity contribution >= 4 is 59.8 Å². The number of carboxylic acids is 1. The van der Waals surface area contributed by atoms with Crippen LogP contribution < -0.4 is 0 Å². The zero-order chi connectivity index (χ0) is 77.9. The number of rotatable bonds is 32. The number of carbonyl (C=O) groups excluding carboxylic acids is 9. The van der Waals surface area contributed by atoms with Gasteiger partial charge in [0, 0.05) is 80.3 Å². The van der Waals surface area contributed by atoms with Crippen LogP contribution in [0.1, 0.15) is 200 Å². The molecule has 2 saturated heterocycles. The van der Waals surface area contributed by atoms with Gasteiger partial charge in [-0.1, -0.05) is 105 Å². The van der Waals surface area contributed by atoms with E-state index in [-0.39, 0.29) is 44.1 Å². The molecule has 2 heterocycles. The highest BCUT2D eigenvalue weighted by Crippen LogP contribution is 2.38. The van der Waals surface area contributed by atoms with Crippen LogP contribution in [0.25, 0.3) is 0 Å². The monoisotopic (exact) mass is 1470 g/mol. The SMILES string of the molecule is C[C@@H](OC(=O)[C@H](CC1CC1)N(C)C(=O)[C@@H](Cc1ccc(C2CCOCC2)cc1)OC(=O)[C@H](CC(C)(C)F)N(C)C(=O)OC(C)(C)C)C(=O)O.C[C@@H](OC(=O)[C@H](CC1CC1)N(C)C(=O)[C@@H](Cc1ccc(C2CCOCC2)cc1)OC(=O)[C@H](CC(C)(C)F)N(C)C(=O)OC(C)(C)C)C(=O)OCc1ccccc1. The Labute approximate surface area is 617 Å². The average molecular weight is 1480 g/mol. The molecule has 4 aliphatic rings. The Morgan fingerprint density at radius 1 is 0.448 bits per heavy atom. The molecular weight excluding hydrogens is 1360 g/mol. The number of hydrogen-bond acceptors (Lipinski definition) is 19. The highest BCUT2D eigenvalue weighted by Gasteiger charge is 2.45. The summed E-state index contributed by atoms with van der Waals surface area (Å²) in [7, 11) is 5.43. The zero-order valence-corrected chi connectivity index (χ0v) is 64.1. The molecule has 24 nitrogen and oxygen atoms in total. The van der Waals surface area contributed by atoms with Gasteiger partial charge < -0.3 is 57.5 Å². The minimum atomic E-state index is -1.91. The van der Waals surface area contributed by atoms with E-state index in [4.69, 9.17) is 42.6 Å². The second-order valence-electron chi connectivity index (χ2n) is 31.5. The van der Waals surface area contributed by atoms with Crippen LogP contribution in [0.2, 0.25) is 0 Å². The number of aliphatic carboxylic acids is 1. The number of nitrogens with zero attached hydrogens (tertiary/aromatic N) is 4. The van der Waals surface area contributed by atoms with Crippen LogP contribution in [0.15, 0.2) is 78.9 Å². The highest BCUT2D eigenvalue weighted by molar-refractivity contribution is 5.92. The van der Waals surface area contributed by atoms with Crippen molar-refractivity contribution in [1.82, 2.24) is 19.6 Å². The predicted octanol–water partition coefficient (Wildman–Crippen LogP) is 11.8. The smallest absolute Gasteiger partial charge is 0.410 e. The molecule has 0 bridgehead atoms. The van der Waals surface area contributed by atoms with Crippen molar-refractivity contribution < 1.29 is 104 Å². The summed E-state index contributed by atoms with van der Waals surface area (Å²) in [5.41, 5.74) is -1.25. The fourth-order valence-corrected chi connectivity index (χ4v) is 12.1. The van der Waals surface area contributed by atoms with E-state index in [9.17, 15) is 53.1 Å². The number of amides is 4. The second kappa shape index (κ2) is 38.3. The standard InChI is InChI=1S/C43H59FN2O10.C36H53FN2O10/c1-28(38(48)53-27-31-12-10-9-11-13-31)54-39(49)34(24-29-14-15-29)45(7)37(47)36(25-30-16-18-32(19-17-30)33-20-22-52-23-21-33)55-40(50)35(26-43(5,6)44)46(8)41(51)56-42(2,3)4;1-22(31(41)42)47-32(43)27(19-23-9-10-23)38(7)30(40)29(20-24-11-13-25(14-12-24)26-15-17-46-18-16-26)48-33(44)28(21-36(5,6)37)39(8)34(45)49-35(2,3)4/h9-13,16-19,28-29,33-36H,14-15,20-27H2,1-8H3;11-14,22-23,26-29H,9-10,15-21H2,1-8H3,(H,41,42)/t28-,34+,35+,36-;22-,27+,28+,29-/m11/s1. The van der Waals surface area contributed by atoms with E-state index < -0.39 is 144 Å². The molecule has 105 heavy (non-hydrogen) atoms. The number of ether oxygens (including phenoxy) is 9. The van der Waals surface area contributed by atoms with Crippen LogP contribution in [0, 0.1) is 11.8 Å². The molecule has 582 valence electrons. The lowest BCUT2D eigenvalue weighted by atomic mass is 9.90.